The van der Waals surface area contributed by atoms with E-state index in [1.807, 2.05) is 30.3 Å². The highest BCUT2D eigenvalue weighted by Gasteiger charge is 1.96. The van der Waals surface area contributed by atoms with Crippen molar-refractivity contribution in [1.29, 1.82) is 0 Å². The lowest BCUT2D eigenvalue weighted by Crippen LogP contribution is -2.02. The van der Waals surface area contributed by atoms with E-state index in [0.29, 0.717) is 6.61 Å². The van der Waals surface area contributed by atoms with Crippen LogP contribution in [0, 0.1) is 0 Å². The van der Waals surface area contributed by atoms with Crippen LogP contribution in [0.5, 0.6) is 5.75 Å². The number of benzene rings is 1. The Hall–Kier alpha value is -1.97. The minimum atomic E-state index is -0.211. The van der Waals surface area contributed by atoms with Gasteiger partial charge in [0.1, 0.15) is 12.4 Å². The first kappa shape index (κ1) is 8.62. The molecule has 0 amide bonds. The van der Waals surface area contributed by atoms with Gasteiger partial charge in [0, 0.05) is 6.20 Å². The van der Waals surface area contributed by atoms with Crippen LogP contribution in [0.25, 0.3) is 0 Å². The Morgan fingerprint density at radius 3 is 2.64 bits per heavy atom. The van der Waals surface area contributed by atoms with E-state index in [4.69, 9.17) is 4.74 Å². The number of imidazole rings is 1. The van der Waals surface area contributed by atoms with Crippen molar-refractivity contribution in [2.75, 3.05) is 0 Å². The van der Waals surface area contributed by atoms with Crippen molar-refractivity contribution in [2.24, 2.45) is 0 Å². The van der Waals surface area contributed by atoms with Crippen molar-refractivity contribution < 1.29 is 4.74 Å². The molecule has 0 radical (unpaired) electrons. The maximum absolute atomic E-state index is 10.7. The van der Waals surface area contributed by atoms with Crippen molar-refractivity contribution in [2.45, 2.75) is 6.61 Å². The molecule has 0 atom stereocenters. The van der Waals surface area contributed by atoms with Crippen molar-refractivity contribution in [3.05, 3.63) is 52.7 Å². The van der Waals surface area contributed by atoms with E-state index in [1.165, 1.54) is 0 Å². The van der Waals surface area contributed by atoms with Gasteiger partial charge < -0.3 is 14.7 Å². The van der Waals surface area contributed by atoms with Crippen LogP contribution in [0.2, 0.25) is 0 Å². The fraction of sp³-hybridized carbons (Fsp3) is 0.100. The van der Waals surface area contributed by atoms with Crippen LogP contribution in [0.3, 0.4) is 0 Å². The number of rotatable bonds is 3. The van der Waals surface area contributed by atoms with Gasteiger partial charge >= 0.3 is 5.69 Å². The molecule has 72 valence electrons. The monoisotopic (exact) mass is 190 g/mol. The second-order valence-corrected chi connectivity index (χ2v) is 2.87. The largest absolute Gasteiger partial charge is 0.487 e. The third-order valence-corrected chi connectivity index (χ3v) is 1.79. The summed E-state index contributed by atoms with van der Waals surface area (Å²) in [6.07, 6.45) is 1.60. The molecule has 0 aliphatic carbocycles. The van der Waals surface area contributed by atoms with E-state index in [-0.39, 0.29) is 5.69 Å². The summed E-state index contributed by atoms with van der Waals surface area (Å²) in [7, 11) is 0. The van der Waals surface area contributed by atoms with Gasteiger partial charge in [0.2, 0.25) is 0 Å². The second kappa shape index (κ2) is 3.83. The molecule has 0 unspecified atom stereocenters. The number of aromatic amines is 2. The lowest BCUT2D eigenvalue weighted by Gasteiger charge is -2.02. The summed E-state index contributed by atoms with van der Waals surface area (Å²) in [6, 6.07) is 9.45. The molecule has 0 bridgehead atoms. The zero-order chi connectivity index (χ0) is 9.80. The van der Waals surface area contributed by atoms with Crippen LogP contribution >= 0.6 is 0 Å². The van der Waals surface area contributed by atoms with Gasteiger partial charge in [-0.2, -0.15) is 0 Å². The maximum atomic E-state index is 10.7. The number of nitrogens with one attached hydrogen (secondary N) is 2. The molecular weight excluding hydrogens is 180 g/mol. The smallest absolute Gasteiger partial charge is 0.323 e. The highest BCUT2D eigenvalue weighted by Crippen LogP contribution is 2.09. The van der Waals surface area contributed by atoms with Crippen LogP contribution in [-0.2, 0) is 6.61 Å². The van der Waals surface area contributed by atoms with Crippen molar-refractivity contribution in [1.82, 2.24) is 9.97 Å². The summed E-state index contributed by atoms with van der Waals surface area (Å²) in [4.78, 5) is 15.9. The first-order chi connectivity index (χ1) is 6.84. The van der Waals surface area contributed by atoms with E-state index in [2.05, 4.69) is 9.97 Å². The molecule has 1 aromatic carbocycles. The predicted molar refractivity (Wildman–Crippen MR) is 52.2 cm³/mol. The highest BCUT2D eigenvalue weighted by atomic mass is 16.5. The number of hydrogen-bond acceptors (Lipinski definition) is 2. The minimum absolute atomic E-state index is 0.211. The number of H-pyrrole nitrogens is 2. The molecule has 0 saturated carbocycles. The van der Waals surface area contributed by atoms with Crippen LogP contribution in [0.4, 0.5) is 0 Å². The zero-order valence-electron chi connectivity index (χ0n) is 7.49. The highest BCUT2D eigenvalue weighted by molar-refractivity contribution is 5.21. The molecule has 4 heteroatoms. The van der Waals surface area contributed by atoms with Crippen LogP contribution in [0.1, 0.15) is 5.69 Å². The summed E-state index contributed by atoms with van der Waals surface area (Å²) < 4.78 is 5.42. The molecule has 0 saturated heterocycles. The van der Waals surface area contributed by atoms with E-state index >= 15 is 0 Å². The Kier molecular flexibility index (Phi) is 2.36. The van der Waals surface area contributed by atoms with Gasteiger partial charge in [0.15, 0.2) is 0 Å². The van der Waals surface area contributed by atoms with E-state index in [0.717, 1.165) is 11.4 Å². The third kappa shape index (κ3) is 2.04. The maximum Gasteiger partial charge on any atom is 0.323 e. The Morgan fingerprint density at radius 2 is 2.00 bits per heavy atom. The molecule has 2 rings (SSSR count). The van der Waals surface area contributed by atoms with E-state index < -0.39 is 0 Å². The van der Waals surface area contributed by atoms with Gasteiger partial charge in [-0.05, 0) is 12.1 Å². The molecule has 0 aliphatic rings. The average Bonchev–Trinajstić information content (AvgIpc) is 2.63. The Balaban J connectivity index is 1.98. The summed E-state index contributed by atoms with van der Waals surface area (Å²) in [5.41, 5.74) is 0.524. The standard InChI is InChI=1S/C10H10N2O2/c13-10-11-6-8(12-10)7-14-9-4-2-1-3-5-9/h1-6H,7H2,(H2,11,12,13). The predicted octanol–water partition coefficient (Wildman–Crippen LogP) is 1.28. The summed E-state index contributed by atoms with van der Waals surface area (Å²) in [5, 5.41) is 0. The molecule has 4 nitrogen and oxygen atoms in total. The first-order valence-corrected chi connectivity index (χ1v) is 4.29. The molecule has 2 aromatic rings. The number of para-hydroxylation sites is 1. The van der Waals surface area contributed by atoms with Crippen LogP contribution in [-0.4, -0.2) is 9.97 Å². The number of aromatic nitrogens is 2. The van der Waals surface area contributed by atoms with Gasteiger partial charge in [-0.25, -0.2) is 4.79 Å². The summed E-state index contributed by atoms with van der Waals surface area (Å²) in [5.74, 6) is 0.787. The summed E-state index contributed by atoms with van der Waals surface area (Å²) in [6.45, 7) is 0.364. The van der Waals surface area contributed by atoms with Crippen molar-refractivity contribution in [3.63, 3.8) is 0 Å². The lowest BCUT2D eigenvalue weighted by molar-refractivity contribution is 0.302. The van der Waals surface area contributed by atoms with Gasteiger partial charge in [-0.15, -0.1) is 0 Å². The minimum Gasteiger partial charge on any atom is -0.487 e. The average molecular weight is 190 g/mol. The number of ether oxygens (including phenoxy) is 1. The number of hydrogen-bond donors (Lipinski definition) is 2. The SMILES string of the molecule is O=c1[nH]cc(COc2ccccc2)[nH]1. The van der Waals surface area contributed by atoms with Gasteiger partial charge in [0.25, 0.3) is 0 Å². The second-order valence-electron chi connectivity index (χ2n) is 2.87. The van der Waals surface area contributed by atoms with Gasteiger partial charge in [-0.3, -0.25) is 0 Å². The van der Waals surface area contributed by atoms with Crippen molar-refractivity contribution >= 4 is 0 Å². The quantitative estimate of drug-likeness (QED) is 0.766. The Labute approximate surface area is 80.6 Å². The lowest BCUT2D eigenvalue weighted by atomic mass is 10.3. The molecule has 0 aliphatic heterocycles. The molecule has 2 N–H and O–H groups in total. The summed E-state index contributed by atoms with van der Waals surface area (Å²) >= 11 is 0. The third-order valence-electron chi connectivity index (χ3n) is 1.79. The van der Waals surface area contributed by atoms with Crippen LogP contribution in [0.15, 0.2) is 41.3 Å². The molecule has 0 fully saturated rings. The fourth-order valence-electron chi connectivity index (χ4n) is 1.13. The van der Waals surface area contributed by atoms with E-state index in [1.54, 1.807) is 6.20 Å². The van der Waals surface area contributed by atoms with Crippen LogP contribution < -0.4 is 10.4 Å². The van der Waals surface area contributed by atoms with Gasteiger partial charge in [-0.1, -0.05) is 18.2 Å². The van der Waals surface area contributed by atoms with E-state index in [9.17, 15) is 4.79 Å². The molecule has 1 heterocycles. The zero-order valence-corrected chi connectivity index (χ0v) is 7.49. The Morgan fingerprint density at radius 1 is 1.21 bits per heavy atom. The normalized spacial score (nSPS) is 10.0. The fourth-order valence-corrected chi connectivity index (χ4v) is 1.13. The van der Waals surface area contributed by atoms with Crippen molar-refractivity contribution in [3.8, 4) is 5.75 Å². The molecule has 0 spiro atoms. The molecular formula is C10H10N2O2. The Bertz CT molecular complexity index is 444. The van der Waals surface area contributed by atoms with Gasteiger partial charge in [0.05, 0.1) is 5.69 Å². The molecule has 1 aromatic heterocycles. The first-order valence-electron chi connectivity index (χ1n) is 4.29. The topological polar surface area (TPSA) is 57.9 Å². The molecule has 14 heavy (non-hydrogen) atoms.